The molecule has 2 heterocycles. The molecular formula is C14H16F3N3OS2. The van der Waals surface area contributed by atoms with E-state index >= 15 is 0 Å². The van der Waals surface area contributed by atoms with Crippen LogP contribution in [-0.4, -0.2) is 37.4 Å². The van der Waals surface area contributed by atoms with E-state index in [-0.39, 0.29) is 16.5 Å². The SMILES string of the molecule is CS(=O)N1CCC(n2cnc3cc(S)cc(C(F)(F)F)c32)CC1. The van der Waals surface area contributed by atoms with Crippen LogP contribution in [0, 0.1) is 0 Å². The van der Waals surface area contributed by atoms with E-state index in [1.807, 2.05) is 4.31 Å². The Bertz CT molecular complexity index is 752. The zero-order valence-electron chi connectivity index (χ0n) is 12.4. The molecule has 0 aliphatic carbocycles. The Morgan fingerprint density at radius 3 is 2.52 bits per heavy atom. The molecule has 0 amide bonds. The first kappa shape index (κ1) is 16.8. The summed E-state index contributed by atoms with van der Waals surface area (Å²) in [5.74, 6) is 0. The number of rotatable bonds is 2. The number of hydrogen-bond donors (Lipinski definition) is 1. The minimum Gasteiger partial charge on any atom is -0.327 e. The quantitative estimate of drug-likeness (QED) is 0.832. The van der Waals surface area contributed by atoms with Gasteiger partial charge < -0.3 is 4.57 Å². The summed E-state index contributed by atoms with van der Waals surface area (Å²) in [7, 11) is -1.04. The topological polar surface area (TPSA) is 38.1 Å². The van der Waals surface area contributed by atoms with E-state index in [4.69, 9.17) is 0 Å². The van der Waals surface area contributed by atoms with E-state index in [1.54, 1.807) is 16.9 Å². The molecule has 0 radical (unpaired) electrons. The van der Waals surface area contributed by atoms with E-state index in [9.17, 15) is 17.4 Å². The zero-order chi connectivity index (χ0) is 16.8. The van der Waals surface area contributed by atoms with E-state index in [0.29, 0.717) is 31.4 Å². The molecule has 1 fully saturated rings. The van der Waals surface area contributed by atoms with Gasteiger partial charge in [0.2, 0.25) is 0 Å². The van der Waals surface area contributed by atoms with Crippen molar-refractivity contribution in [3.05, 3.63) is 24.0 Å². The lowest BCUT2D eigenvalue weighted by molar-refractivity contribution is -0.136. The van der Waals surface area contributed by atoms with Crippen LogP contribution in [0.15, 0.2) is 23.4 Å². The van der Waals surface area contributed by atoms with Gasteiger partial charge in [-0.2, -0.15) is 13.2 Å². The molecule has 0 bridgehead atoms. The fraction of sp³-hybridized carbons (Fsp3) is 0.500. The third kappa shape index (κ3) is 3.27. The summed E-state index contributed by atoms with van der Waals surface area (Å²) in [5.41, 5.74) is -0.309. The summed E-state index contributed by atoms with van der Waals surface area (Å²) in [5, 5.41) is 0. The lowest BCUT2D eigenvalue weighted by Gasteiger charge is -2.31. The normalized spacial score (nSPS) is 19.3. The molecule has 3 rings (SSSR count). The molecule has 23 heavy (non-hydrogen) atoms. The molecule has 1 atom stereocenters. The minimum absolute atomic E-state index is 0.0772. The molecule has 0 N–H and O–H groups in total. The van der Waals surface area contributed by atoms with Crippen LogP contribution >= 0.6 is 12.6 Å². The van der Waals surface area contributed by atoms with Crippen LogP contribution in [0.5, 0.6) is 0 Å². The smallest absolute Gasteiger partial charge is 0.327 e. The summed E-state index contributed by atoms with van der Waals surface area (Å²) in [4.78, 5) is 4.37. The molecular weight excluding hydrogens is 347 g/mol. The van der Waals surface area contributed by atoms with Crippen molar-refractivity contribution in [1.29, 1.82) is 0 Å². The summed E-state index contributed by atoms with van der Waals surface area (Å²) in [6.07, 6.45) is -0.0877. The van der Waals surface area contributed by atoms with Crippen LogP contribution in [0.3, 0.4) is 0 Å². The maximum atomic E-state index is 13.4. The molecule has 2 aromatic rings. The van der Waals surface area contributed by atoms with Gasteiger partial charge in [0.25, 0.3) is 0 Å². The number of nitrogens with zero attached hydrogens (tertiary/aromatic N) is 3. The second kappa shape index (κ2) is 6.10. The third-order valence-corrected chi connectivity index (χ3v) is 5.49. The van der Waals surface area contributed by atoms with E-state index in [1.165, 1.54) is 6.33 Å². The third-order valence-electron chi connectivity index (χ3n) is 4.14. The van der Waals surface area contributed by atoms with Gasteiger partial charge in [-0.05, 0) is 25.0 Å². The molecule has 1 unspecified atom stereocenters. The van der Waals surface area contributed by atoms with Gasteiger partial charge >= 0.3 is 6.18 Å². The van der Waals surface area contributed by atoms with Gasteiger partial charge in [-0.15, -0.1) is 12.6 Å². The molecule has 9 heteroatoms. The molecule has 0 saturated carbocycles. The fourth-order valence-electron chi connectivity index (χ4n) is 3.03. The fourth-order valence-corrected chi connectivity index (χ4v) is 4.00. The Hall–Kier alpha value is -1.06. The first-order valence-corrected chi connectivity index (χ1v) is 9.09. The summed E-state index contributed by atoms with van der Waals surface area (Å²) >= 11 is 4.04. The average Bonchev–Trinajstić information content (AvgIpc) is 2.89. The number of fused-ring (bicyclic) bond motifs is 1. The van der Waals surface area contributed by atoms with E-state index in [2.05, 4.69) is 17.6 Å². The Balaban J connectivity index is 2.01. The van der Waals surface area contributed by atoms with Crippen molar-refractivity contribution < 1.29 is 17.4 Å². The highest BCUT2D eigenvalue weighted by atomic mass is 32.2. The first-order valence-electron chi connectivity index (χ1n) is 7.12. The standard InChI is InChI=1S/C14H16F3N3OS2/c1-23(21)19-4-2-9(3-5-19)20-8-18-12-7-10(22)6-11(13(12)20)14(15,16)17/h6-9,22H,2-5H2,1H3. The molecule has 1 aromatic heterocycles. The second-order valence-electron chi connectivity index (χ2n) is 5.59. The monoisotopic (exact) mass is 363 g/mol. The lowest BCUT2D eigenvalue weighted by Crippen LogP contribution is -2.35. The van der Waals surface area contributed by atoms with Crippen LogP contribution in [-0.2, 0) is 17.2 Å². The Morgan fingerprint density at radius 1 is 1.30 bits per heavy atom. The van der Waals surface area contributed by atoms with Crippen LogP contribution in [0.1, 0.15) is 24.4 Å². The Kier molecular flexibility index (Phi) is 4.45. The summed E-state index contributed by atoms with van der Waals surface area (Å²) in [6.45, 7) is 1.19. The van der Waals surface area contributed by atoms with E-state index < -0.39 is 22.7 Å². The molecule has 1 aliphatic rings. The maximum absolute atomic E-state index is 13.4. The average molecular weight is 363 g/mol. The van der Waals surface area contributed by atoms with Crippen LogP contribution in [0.25, 0.3) is 11.0 Å². The number of hydrogen-bond acceptors (Lipinski definition) is 3. The van der Waals surface area contributed by atoms with Gasteiger partial charge in [0, 0.05) is 30.3 Å². The minimum atomic E-state index is -4.46. The number of alkyl halides is 3. The van der Waals surface area contributed by atoms with Gasteiger partial charge in [0.1, 0.15) is 0 Å². The van der Waals surface area contributed by atoms with Crippen molar-refractivity contribution in [2.45, 2.75) is 30.0 Å². The second-order valence-corrected chi connectivity index (χ2v) is 7.47. The summed E-state index contributed by atoms with van der Waals surface area (Å²) in [6, 6.07) is 2.51. The highest BCUT2D eigenvalue weighted by Crippen LogP contribution is 2.38. The lowest BCUT2D eigenvalue weighted by atomic mass is 10.1. The van der Waals surface area contributed by atoms with Crippen LogP contribution in [0.2, 0.25) is 0 Å². The molecule has 1 aromatic carbocycles. The van der Waals surface area contributed by atoms with Crippen molar-refractivity contribution in [2.75, 3.05) is 19.3 Å². The van der Waals surface area contributed by atoms with Crippen molar-refractivity contribution in [2.24, 2.45) is 0 Å². The van der Waals surface area contributed by atoms with Crippen molar-refractivity contribution in [3.63, 3.8) is 0 Å². The number of halogens is 3. The molecule has 1 aliphatic heterocycles. The molecule has 1 saturated heterocycles. The van der Waals surface area contributed by atoms with Gasteiger partial charge in [-0.3, -0.25) is 0 Å². The van der Waals surface area contributed by atoms with Crippen molar-refractivity contribution >= 4 is 34.6 Å². The first-order chi connectivity index (χ1) is 10.8. The molecule has 126 valence electrons. The Morgan fingerprint density at radius 2 is 1.96 bits per heavy atom. The number of piperidine rings is 1. The molecule has 0 spiro atoms. The van der Waals surface area contributed by atoms with Gasteiger partial charge in [-0.1, -0.05) is 0 Å². The highest BCUT2D eigenvalue weighted by Gasteiger charge is 2.35. The van der Waals surface area contributed by atoms with Gasteiger partial charge in [0.05, 0.1) is 33.9 Å². The molecule has 4 nitrogen and oxygen atoms in total. The zero-order valence-corrected chi connectivity index (χ0v) is 14.1. The van der Waals surface area contributed by atoms with E-state index in [0.717, 1.165) is 6.07 Å². The maximum Gasteiger partial charge on any atom is 0.418 e. The van der Waals surface area contributed by atoms with Crippen LogP contribution in [0.4, 0.5) is 13.2 Å². The van der Waals surface area contributed by atoms with Gasteiger partial charge in [-0.25, -0.2) is 13.5 Å². The summed E-state index contributed by atoms with van der Waals surface area (Å²) < 4.78 is 55.0. The largest absolute Gasteiger partial charge is 0.418 e. The number of imidazole rings is 1. The highest BCUT2D eigenvalue weighted by molar-refractivity contribution is 7.81. The Labute approximate surface area is 139 Å². The number of aromatic nitrogens is 2. The van der Waals surface area contributed by atoms with Crippen molar-refractivity contribution in [1.82, 2.24) is 13.9 Å². The van der Waals surface area contributed by atoms with Gasteiger partial charge in [0.15, 0.2) is 0 Å². The van der Waals surface area contributed by atoms with Crippen LogP contribution < -0.4 is 0 Å². The predicted molar refractivity (Wildman–Crippen MR) is 85.9 cm³/mol. The van der Waals surface area contributed by atoms with Crippen molar-refractivity contribution in [3.8, 4) is 0 Å². The predicted octanol–water partition coefficient (Wildman–Crippen LogP) is 3.27. The number of thiol groups is 1. The number of benzene rings is 1.